The molecule has 8 nitrogen and oxygen atoms in total. The third-order valence-corrected chi connectivity index (χ3v) is 6.16. The van der Waals surface area contributed by atoms with E-state index in [1.807, 2.05) is 0 Å². The minimum atomic E-state index is -0.399. The number of ether oxygens (including phenoxy) is 3. The number of aromatic nitrogens is 1. The van der Waals surface area contributed by atoms with E-state index in [1.165, 1.54) is 25.6 Å². The molecule has 0 saturated carbocycles. The number of amides is 2. The fraction of sp³-hybridized carbons (Fsp3) is 0.450. The maximum atomic E-state index is 12.7. The summed E-state index contributed by atoms with van der Waals surface area (Å²) in [5.41, 5.74) is 0.829. The van der Waals surface area contributed by atoms with Crippen LogP contribution in [0.25, 0.3) is 0 Å². The molecule has 1 saturated heterocycles. The summed E-state index contributed by atoms with van der Waals surface area (Å²) in [6.07, 6.45) is 1.54. The zero-order valence-corrected chi connectivity index (χ0v) is 18.6. The van der Waals surface area contributed by atoms with Gasteiger partial charge in [-0.2, -0.15) is 0 Å². The molecule has 2 aromatic rings. The van der Waals surface area contributed by atoms with Gasteiger partial charge in [0.25, 0.3) is 0 Å². The van der Waals surface area contributed by atoms with E-state index in [0.29, 0.717) is 47.6 Å². The van der Waals surface area contributed by atoms with Crippen LogP contribution >= 0.6 is 22.9 Å². The van der Waals surface area contributed by atoms with Crippen molar-refractivity contribution in [3.05, 3.63) is 33.2 Å². The van der Waals surface area contributed by atoms with Crippen LogP contribution in [-0.2, 0) is 4.74 Å². The molecule has 0 spiro atoms. The highest BCUT2D eigenvalue weighted by Gasteiger charge is 2.27. The summed E-state index contributed by atoms with van der Waals surface area (Å²) >= 11 is 7.63. The minimum Gasteiger partial charge on any atom is -0.495 e. The van der Waals surface area contributed by atoms with Crippen molar-refractivity contribution in [3.63, 3.8) is 0 Å². The molecule has 2 amide bonds. The molecular weight excluding hydrogens is 430 g/mol. The molecule has 2 heterocycles. The lowest BCUT2D eigenvalue weighted by Gasteiger charge is -2.31. The molecule has 1 N–H and O–H groups in total. The third kappa shape index (κ3) is 4.96. The van der Waals surface area contributed by atoms with Gasteiger partial charge in [-0.05, 0) is 25.8 Å². The third-order valence-electron chi connectivity index (χ3n) is 4.85. The molecule has 1 aromatic carbocycles. The number of anilines is 1. The highest BCUT2D eigenvalue weighted by Crippen LogP contribution is 2.36. The van der Waals surface area contributed by atoms with E-state index in [1.54, 1.807) is 29.3 Å². The van der Waals surface area contributed by atoms with Gasteiger partial charge in [0.1, 0.15) is 11.5 Å². The van der Waals surface area contributed by atoms with E-state index >= 15 is 0 Å². The van der Waals surface area contributed by atoms with Gasteiger partial charge in [-0.3, -0.25) is 0 Å². The second-order valence-corrected chi connectivity index (χ2v) is 7.97. The molecule has 1 aliphatic heterocycles. The van der Waals surface area contributed by atoms with Gasteiger partial charge in [-0.1, -0.05) is 11.6 Å². The largest absolute Gasteiger partial charge is 0.495 e. The van der Waals surface area contributed by atoms with Gasteiger partial charge in [0.2, 0.25) is 0 Å². The molecule has 0 aliphatic carbocycles. The van der Waals surface area contributed by atoms with Gasteiger partial charge in [0.15, 0.2) is 5.69 Å². The first-order valence-corrected chi connectivity index (χ1v) is 10.8. The van der Waals surface area contributed by atoms with Gasteiger partial charge in [-0.15, -0.1) is 11.3 Å². The Morgan fingerprint density at radius 1 is 1.23 bits per heavy atom. The van der Waals surface area contributed by atoms with Crippen molar-refractivity contribution in [1.82, 2.24) is 9.88 Å². The number of benzene rings is 1. The number of methoxy groups -OCH3 is 2. The Bertz CT molecular complexity index is 912. The summed E-state index contributed by atoms with van der Waals surface area (Å²) in [5.74, 6) is 0.753. The number of nitrogens with zero attached hydrogens (tertiary/aromatic N) is 2. The van der Waals surface area contributed by atoms with Crippen molar-refractivity contribution in [1.29, 1.82) is 0 Å². The van der Waals surface area contributed by atoms with Crippen molar-refractivity contribution >= 4 is 40.6 Å². The number of hydrogen-bond acceptors (Lipinski definition) is 7. The number of carbonyl (C=O) groups is 2. The average Bonchev–Trinajstić information content (AvgIpc) is 3.25. The number of hydrogen-bond donors (Lipinski definition) is 1. The Hall–Kier alpha value is -2.52. The van der Waals surface area contributed by atoms with E-state index in [2.05, 4.69) is 10.3 Å². The number of piperidine rings is 1. The van der Waals surface area contributed by atoms with Crippen molar-refractivity contribution in [2.75, 3.05) is 39.2 Å². The van der Waals surface area contributed by atoms with E-state index in [4.69, 9.17) is 25.8 Å². The molecule has 1 aliphatic rings. The van der Waals surface area contributed by atoms with Crippen molar-refractivity contribution in [2.45, 2.75) is 25.7 Å². The minimum absolute atomic E-state index is 0.215. The Morgan fingerprint density at radius 3 is 2.57 bits per heavy atom. The first-order chi connectivity index (χ1) is 14.5. The van der Waals surface area contributed by atoms with E-state index < -0.39 is 5.97 Å². The highest BCUT2D eigenvalue weighted by molar-refractivity contribution is 7.09. The van der Waals surface area contributed by atoms with Gasteiger partial charge < -0.3 is 24.4 Å². The van der Waals surface area contributed by atoms with Crippen LogP contribution in [0, 0.1) is 0 Å². The molecule has 10 heteroatoms. The Kier molecular flexibility index (Phi) is 7.38. The highest BCUT2D eigenvalue weighted by atomic mass is 35.5. The van der Waals surface area contributed by atoms with Crippen molar-refractivity contribution in [2.24, 2.45) is 0 Å². The van der Waals surface area contributed by atoms with E-state index in [9.17, 15) is 9.59 Å². The molecule has 1 aromatic heterocycles. The zero-order valence-electron chi connectivity index (χ0n) is 17.1. The quantitative estimate of drug-likeness (QED) is 0.652. The Morgan fingerprint density at radius 2 is 1.93 bits per heavy atom. The number of likely N-dealkylation sites (tertiary alicyclic amines) is 1. The normalized spacial score (nSPS) is 14.3. The zero-order chi connectivity index (χ0) is 21.7. The Balaban J connectivity index is 1.60. The van der Waals surface area contributed by atoms with Crippen molar-refractivity contribution < 1.29 is 23.8 Å². The molecule has 0 radical (unpaired) electrons. The van der Waals surface area contributed by atoms with Crippen LogP contribution in [0.3, 0.4) is 0 Å². The summed E-state index contributed by atoms with van der Waals surface area (Å²) in [6.45, 7) is 3.25. The van der Waals surface area contributed by atoms with Crippen LogP contribution in [0.5, 0.6) is 11.5 Å². The molecule has 162 valence electrons. The molecule has 0 unspecified atom stereocenters. The SMILES string of the molecule is CCOC(=O)c1csc(C2CCN(C(=O)Nc3cc(Cl)c(OC)cc3OC)CC2)n1. The van der Waals surface area contributed by atoms with Gasteiger partial charge in [0, 0.05) is 30.5 Å². The predicted molar refractivity (Wildman–Crippen MR) is 115 cm³/mol. The maximum Gasteiger partial charge on any atom is 0.357 e. The Labute approximate surface area is 184 Å². The van der Waals surface area contributed by atoms with Gasteiger partial charge >= 0.3 is 12.0 Å². The number of nitrogens with one attached hydrogen (secondary N) is 1. The van der Waals surface area contributed by atoms with Crippen LogP contribution in [0.15, 0.2) is 17.5 Å². The summed E-state index contributed by atoms with van der Waals surface area (Å²) in [6, 6.07) is 3.02. The smallest absolute Gasteiger partial charge is 0.357 e. The van der Waals surface area contributed by atoms with Crippen LogP contribution < -0.4 is 14.8 Å². The van der Waals surface area contributed by atoms with Crippen molar-refractivity contribution in [3.8, 4) is 11.5 Å². The van der Waals surface area contributed by atoms with Gasteiger partial charge in [-0.25, -0.2) is 14.6 Å². The first kappa shape index (κ1) is 22.2. The lowest BCUT2D eigenvalue weighted by atomic mass is 9.98. The lowest BCUT2D eigenvalue weighted by Crippen LogP contribution is -2.40. The molecule has 1 fully saturated rings. The van der Waals surface area contributed by atoms with Crippen LogP contribution in [0.2, 0.25) is 5.02 Å². The predicted octanol–water partition coefficient (Wildman–Crippen LogP) is 4.40. The standard InChI is InChI=1S/C20H24ClN3O5S/c1-4-29-19(25)15-11-30-18(22-15)12-5-7-24(8-6-12)20(26)23-14-9-13(21)16(27-2)10-17(14)28-3/h9-12H,4-8H2,1-3H3,(H,23,26). The number of rotatable bonds is 6. The number of urea groups is 1. The maximum absolute atomic E-state index is 12.7. The topological polar surface area (TPSA) is 90.0 Å². The molecule has 0 atom stereocenters. The fourth-order valence-corrected chi connectivity index (χ4v) is 4.46. The van der Waals surface area contributed by atoms with Crippen LogP contribution in [0.1, 0.15) is 41.2 Å². The summed E-state index contributed by atoms with van der Waals surface area (Å²) in [7, 11) is 3.03. The second-order valence-electron chi connectivity index (χ2n) is 6.67. The van der Waals surface area contributed by atoms with E-state index in [-0.39, 0.29) is 11.9 Å². The fourth-order valence-electron chi connectivity index (χ4n) is 3.26. The lowest BCUT2D eigenvalue weighted by molar-refractivity contribution is 0.0520. The number of halogens is 1. The van der Waals surface area contributed by atoms with Crippen LogP contribution in [-0.4, -0.2) is 55.8 Å². The summed E-state index contributed by atoms with van der Waals surface area (Å²) in [4.78, 5) is 30.7. The van der Waals surface area contributed by atoms with Crippen LogP contribution in [0.4, 0.5) is 10.5 Å². The second kappa shape index (κ2) is 9.99. The van der Waals surface area contributed by atoms with E-state index in [0.717, 1.165) is 17.8 Å². The molecule has 3 rings (SSSR count). The molecule has 0 bridgehead atoms. The number of esters is 1. The van der Waals surface area contributed by atoms with Gasteiger partial charge in [0.05, 0.1) is 36.5 Å². The number of thiazole rings is 1. The first-order valence-electron chi connectivity index (χ1n) is 9.56. The monoisotopic (exact) mass is 453 g/mol. The summed E-state index contributed by atoms with van der Waals surface area (Å²) in [5, 5.41) is 5.87. The molecule has 30 heavy (non-hydrogen) atoms. The number of carbonyl (C=O) groups excluding carboxylic acids is 2. The molecular formula is C20H24ClN3O5S. The summed E-state index contributed by atoms with van der Waals surface area (Å²) < 4.78 is 15.5. The average molecular weight is 454 g/mol.